The lowest BCUT2D eigenvalue weighted by Gasteiger charge is -2.33. The summed E-state index contributed by atoms with van der Waals surface area (Å²) in [4.78, 5) is 23.3. The first-order valence-corrected chi connectivity index (χ1v) is 8.82. The predicted octanol–water partition coefficient (Wildman–Crippen LogP) is 3.02. The van der Waals surface area contributed by atoms with E-state index < -0.39 is 0 Å². The Labute approximate surface area is 147 Å². The van der Waals surface area contributed by atoms with Crippen molar-refractivity contribution in [1.82, 2.24) is 14.5 Å². The van der Waals surface area contributed by atoms with Crippen LogP contribution in [0.4, 0.5) is 5.82 Å². The van der Waals surface area contributed by atoms with Crippen molar-refractivity contribution in [3.05, 3.63) is 65.0 Å². The molecular weight excluding hydrogens is 312 g/mol. The number of benzene rings is 1. The number of piperidine rings is 1. The molecule has 0 radical (unpaired) electrons. The average molecular weight is 334 g/mol. The number of anilines is 1. The van der Waals surface area contributed by atoms with E-state index in [1.54, 1.807) is 17.1 Å². The van der Waals surface area contributed by atoms with Gasteiger partial charge in [-0.2, -0.15) is 0 Å². The van der Waals surface area contributed by atoms with Crippen LogP contribution in [0.1, 0.15) is 18.4 Å². The van der Waals surface area contributed by atoms with E-state index in [9.17, 15) is 4.79 Å². The zero-order valence-electron chi connectivity index (χ0n) is 14.4. The summed E-state index contributed by atoms with van der Waals surface area (Å²) in [6.07, 6.45) is 7.31. The van der Waals surface area contributed by atoms with E-state index in [0.29, 0.717) is 11.5 Å². The number of aromatic nitrogens is 3. The quantitative estimate of drug-likeness (QED) is 0.739. The summed E-state index contributed by atoms with van der Waals surface area (Å²) in [6.45, 7) is 4.52. The molecule has 128 valence electrons. The number of rotatable bonds is 3. The van der Waals surface area contributed by atoms with Crippen LogP contribution < -0.4 is 10.5 Å². The molecular formula is C20H22N4O. The van der Waals surface area contributed by atoms with Gasteiger partial charge in [0.25, 0.3) is 5.56 Å². The summed E-state index contributed by atoms with van der Waals surface area (Å²) in [5.41, 5.74) is 0.785. The molecule has 0 atom stereocenters. The van der Waals surface area contributed by atoms with Crippen molar-refractivity contribution in [3.63, 3.8) is 0 Å². The summed E-state index contributed by atoms with van der Waals surface area (Å²) >= 11 is 0. The summed E-state index contributed by atoms with van der Waals surface area (Å²) in [6, 6.07) is 10.5. The number of hydrogen-bond donors (Lipinski definition) is 0. The maximum atomic E-state index is 12.2. The molecule has 3 aromatic rings. The number of nitrogens with zero attached hydrogens (tertiary/aromatic N) is 4. The van der Waals surface area contributed by atoms with Crippen molar-refractivity contribution in [2.24, 2.45) is 5.92 Å². The molecule has 1 aliphatic rings. The fraction of sp³-hybridized carbons (Fsp3) is 0.350. The highest BCUT2D eigenvalue weighted by atomic mass is 16.1. The SMILES string of the molecule is Cc1cncn(CC2CCN(c3nccc4ccccc34)CC2)c1=O. The first-order chi connectivity index (χ1) is 12.2. The van der Waals surface area contributed by atoms with Crippen LogP contribution in [0.2, 0.25) is 0 Å². The minimum atomic E-state index is 0.0770. The Morgan fingerprint density at radius 3 is 2.80 bits per heavy atom. The lowest BCUT2D eigenvalue weighted by Crippen LogP contribution is -2.37. The molecule has 0 amide bonds. The van der Waals surface area contributed by atoms with Gasteiger partial charge in [-0.15, -0.1) is 0 Å². The Morgan fingerprint density at radius 2 is 1.96 bits per heavy atom. The third-order valence-corrected chi connectivity index (χ3v) is 5.09. The van der Waals surface area contributed by atoms with Crippen LogP contribution in [-0.4, -0.2) is 27.6 Å². The van der Waals surface area contributed by atoms with Gasteiger partial charge in [0.1, 0.15) is 5.82 Å². The second-order valence-electron chi connectivity index (χ2n) is 6.82. The van der Waals surface area contributed by atoms with Gasteiger partial charge >= 0.3 is 0 Å². The van der Waals surface area contributed by atoms with Crippen LogP contribution in [0.15, 0.2) is 53.8 Å². The molecule has 1 aliphatic heterocycles. The average Bonchev–Trinajstić information content (AvgIpc) is 2.66. The zero-order valence-corrected chi connectivity index (χ0v) is 14.4. The summed E-state index contributed by atoms with van der Waals surface area (Å²) < 4.78 is 1.76. The maximum Gasteiger partial charge on any atom is 0.256 e. The molecule has 4 rings (SSSR count). The van der Waals surface area contributed by atoms with Crippen molar-refractivity contribution < 1.29 is 0 Å². The van der Waals surface area contributed by atoms with Crippen molar-refractivity contribution in [2.45, 2.75) is 26.3 Å². The normalized spacial score (nSPS) is 15.6. The van der Waals surface area contributed by atoms with Gasteiger partial charge in [0.15, 0.2) is 0 Å². The molecule has 3 heterocycles. The van der Waals surface area contributed by atoms with Gasteiger partial charge in [-0.3, -0.25) is 9.36 Å². The molecule has 0 spiro atoms. The zero-order chi connectivity index (χ0) is 17.2. The van der Waals surface area contributed by atoms with Crippen molar-refractivity contribution >= 4 is 16.6 Å². The van der Waals surface area contributed by atoms with E-state index in [1.165, 1.54) is 10.8 Å². The minimum absolute atomic E-state index is 0.0770. The highest BCUT2D eigenvalue weighted by Gasteiger charge is 2.22. The van der Waals surface area contributed by atoms with Gasteiger partial charge in [-0.25, -0.2) is 9.97 Å². The van der Waals surface area contributed by atoms with E-state index in [0.717, 1.165) is 38.3 Å². The highest BCUT2D eigenvalue weighted by molar-refractivity contribution is 5.92. The monoisotopic (exact) mass is 334 g/mol. The van der Waals surface area contributed by atoms with Crippen molar-refractivity contribution in [1.29, 1.82) is 0 Å². The minimum Gasteiger partial charge on any atom is -0.356 e. The number of pyridine rings is 1. The van der Waals surface area contributed by atoms with Crippen molar-refractivity contribution in [3.8, 4) is 0 Å². The van der Waals surface area contributed by atoms with E-state index in [2.05, 4.69) is 45.2 Å². The van der Waals surface area contributed by atoms with Crippen LogP contribution in [0.5, 0.6) is 0 Å². The third kappa shape index (κ3) is 3.14. The Morgan fingerprint density at radius 1 is 1.16 bits per heavy atom. The van der Waals surface area contributed by atoms with Crippen molar-refractivity contribution in [2.75, 3.05) is 18.0 Å². The van der Waals surface area contributed by atoms with Crippen LogP contribution in [0, 0.1) is 12.8 Å². The van der Waals surface area contributed by atoms with Crippen LogP contribution in [0.25, 0.3) is 10.8 Å². The van der Waals surface area contributed by atoms with E-state index in [4.69, 9.17) is 0 Å². The molecule has 0 N–H and O–H groups in total. The molecule has 2 aromatic heterocycles. The Balaban J connectivity index is 1.48. The highest BCUT2D eigenvalue weighted by Crippen LogP contribution is 2.28. The Hall–Kier alpha value is -2.69. The second kappa shape index (κ2) is 6.67. The maximum absolute atomic E-state index is 12.2. The molecule has 0 saturated carbocycles. The van der Waals surface area contributed by atoms with Crippen LogP contribution >= 0.6 is 0 Å². The number of hydrogen-bond acceptors (Lipinski definition) is 4. The summed E-state index contributed by atoms with van der Waals surface area (Å²) in [7, 11) is 0. The fourth-order valence-electron chi connectivity index (χ4n) is 3.65. The van der Waals surface area contributed by atoms with E-state index >= 15 is 0 Å². The smallest absolute Gasteiger partial charge is 0.256 e. The van der Waals surface area contributed by atoms with Gasteiger partial charge in [-0.05, 0) is 37.1 Å². The van der Waals surface area contributed by atoms with E-state index in [1.807, 2.05) is 13.1 Å². The molecule has 5 nitrogen and oxygen atoms in total. The van der Waals surface area contributed by atoms with E-state index in [-0.39, 0.29) is 5.56 Å². The van der Waals surface area contributed by atoms with Crippen LogP contribution in [0.3, 0.4) is 0 Å². The Bertz CT molecular complexity index is 936. The molecule has 1 fully saturated rings. The van der Waals surface area contributed by atoms with Crippen LogP contribution in [-0.2, 0) is 6.54 Å². The lowest BCUT2D eigenvalue weighted by molar-refractivity contribution is 0.350. The first kappa shape index (κ1) is 15.8. The number of aryl methyl sites for hydroxylation is 1. The molecule has 25 heavy (non-hydrogen) atoms. The van der Waals surface area contributed by atoms with Gasteiger partial charge < -0.3 is 4.90 Å². The first-order valence-electron chi connectivity index (χ1n) is 8.82. The lowest BCUT2D eigenvalue weighted by atomic mass is 9.96. The molecule has 0 bridgehead atoms. The summed E-state index contributed by atoms with van der Waals surface area (Å²) in [5, 5.41) is 2.44. The second-order valence-corrected chi connectivity index (χ2v) is 6.82. The topological polar surface area (TPSA) is 51.0 Å². The Kier molecular flexibility index (Phi) is 4.22. The number of fused-ring (bicyclic) bond motifs is 1. The van der Waals surface area contributed by atoms with Gasteiger partial charge in [0, 0.05) is 43.0 Å². The predicted molar refractivity (Wildman–Crippen MR) is 99.9 cm³/mol. The van der Waals surface area contributed by atoms with Gasteiger partial charge in [0.2, 0.25) is 0 Å². The third-order valence-electron chi connectivity index (χ3n) is 5.09. The van der Waals surface area contributed by atoms with Gasteiger partial charge in [-0.1, -0.05) is 24.3 Å². The largest absolute Gasteiger partial charge is 0.356 e. The molecule has 1 saturated heterocycles. The summed E-state index contributed by atoms with van der Waals surface area (Å²) in [5.74, 6) is 1.58. The molecule has 0 aliphatic carbocycles. The molecule has 0 unspecified atom stereocenters. The standard InChI is InChI=1S/C20H22N4O/c1-15-12-21-14-24(20(15)25)13-16-7-10-23(11-8-16)19-18-5-3-2-4-17(18)6-9-22-19/h2-6,9,12,14,16H,7-8,10-11,13H2,1H3. The molecule has 5 heteroatoms. The molecule has 1 aromatic carbocycles. The fourth-order valence-corrected chi connectivity index (χ4v) is 3.65. The van der Waals surface area contributed by atoms with Gasteiger partial charge in [0.05, 0.1) is 6.33 Å².